The number of hydrogen-bond acceptors (Lipinski definition) is 3. The standard InChI is InChI=1S/C15H25N3/c1-2-12-7-8-18(9-12)11-15(10-16,13-3-4-13)17-14-5-6-14/h12-14,17H,2-9,11H2,1H3. The van der Waals surface area contributed by atoms with Gasteiger partial charge in [-0.2, -0.15) is 5.26 Å². The molecule has 3 aliphatic rings. The zero-order chi connectivity index (χ0) is 12.6. The van der Waals surface area contributed by atoms with Crippen LogP contribution in [-0.4, -0.2) is 36.1 Å². The van der Waals surface area contributed by atoms with Gasteiger partial charge < -0.3 is 4.90 Å². The molecule has 0 spiro atoms. The Bertz CT molecular complexity index is 340. The van der Waals surface area contributed by atoms with E-state index in [1.807, 2.05) is 0 Å². The van der Waals surface area contributed by atoms with Crippen LogP contribution in [-0.2, 0) is 0 Å². The van der Waals surface area contributed by atoms with Crippen molar-refractivity contribution in [2.75, 3.05) is 19.6 Å². The van der Waals surface area contributed by atoms with Crippen LogP contribution < -0.4 is 5.32 Å². The predicted octanol–water partition coefficient (Wildman–Crippen LogP) is 2.14. The van der Waals surface area contributed by atoms with E-state index < -0.39 is 0 Å². The fourth-order valence-electron chi connectivity index (χ4n) is 3.36. The highest BCUT2D eigenvalue weighted by atomic mass is 15.2. The summed E-state index contributed by atoms with van der Waals surface area (Å²) in [6.07, 6.45) is 7.65. The minimum absolute atomic E-state index is 0.232. The van der Waals surface area contributed by atoms with Crippen LogP contribution in [0.15, 0.2) is 0 Å². The van der Waals surface area contributed by atoms with Gasteiger partial charge in [0.2, 0.25) is 0 Å². The topological polar surface area (TPSA) is 39.1 Å². The molecule has 1 aliphatic heterocycles. The molecule has 1 saturated heterocycles. The molecule has 2 unspecified atom stereocenters. The lowest BCUT2D eigenvalue weighted by Gasteiger charge is -2.32. The van der Waals surface area contributed by atoms with Crippen LogP contribution in [0.4, 0.5) is 0 Å². The van der Waals surface area contributed by atoms with Crippen molar-refractivity contribution in [2.24, 2.45) is 11.8 Å². The lowest BCUT2D eigenvalue weighted by Crippen LogP contribution is -2.55. The molecule has 2 atom stereocenters. The van der Waals surface area contributed by atoms with Crippen molar-refractivity contribution in [3.05, 3.63) is 0 Å². The molecule has 2 saturated carbocycles. The van der Waals surface area contributed by atoms with E-state index in [-0.39, 0.29) is 5.54 Å². The van der Waals surface area contributed by atoms with E-state index in [1.165, 1.54) is 51.6 Å². The molecule has 0 aromatic heterocycles. The molecule has 3 nitrogen and oxygen atoms in total. The van der Waals surface area contributed by atoms with Gasteiger partial charge in [0.05, 0.1) is 6.07 Å². The molecule has 0 aromatic carbocycles. The minimum Gasteiger partial charge on any atom is -0.300 e. The molecule has 2 aliphatic carbocycles. The maximum absolute atomic E-state index is 9.71. The Kier molecular flexibility index (Phi) is 3.34. The molecule has 3 heteroatoms. The number of hydrogen-bond donors (Lipinski definition) is 1. The molecule has 0 amide bonds. The van der Waals surface area contributed by atoms with Gasteiger partial charge in [0, 0.05) is 19.1 Å². The van der Waals surface area contributed by atoms with Crippen molar-refractivity contribution in [3.63, 3.8) is 0 Å². The monoisotopic (exact) mass is 247 g/mol. The molecular weight excluding hydrogens is 222 g/mol. The summed E-state index contributed by atoms with van der Waals surface area (Å²) in [6.45, 7) is 5.65. The van der Waals surface area contributed by atoms with Crippen molar-refractivity contribution < 1.29 is 0 Å². The van der Waals surface area contributed by atoms with Gasteiger partial charge in [-0.3, -0.25) is 5.32 Å². The first-order valence-corrected chi connectivity index (χ1v) is 7.67. The molecule has 0 bridgehead atoms. The predicted molar refractivity (Wildman–Crippen MR) is 72.1 cm³/mol. The highest BCUT2D eigenvalue weighted by Gasteiger charge is 2.49. The van der Waals surface area contributed by atoms with Gasteiger partial charge in [0.15, 0.2) is 0 Å². The van der Waals surface area contributed by atoms with Crippen molar-refractivity contribution in [2.45, 2.75) is 57.0 Å². The SMILES string of the molecule is CCC1CCN(CC(C#N)(NC2CC2)C2CC2)C1. The quantitative estimate of drug-likeness (QED) is 0.781. The summed E-state index contributed by atoms with van der Waals surface area (Å²) < 4.78 is 0. The van der Waals surface area contributed by atoms with Crippen LogP contribution in [0.3, 0.4) is 0 Å². The highest BCUT2D eigenvalue weighted by Crippen LogP contribution is 2.42. The van der Waals surface area contributed by atoms with Gasteiger partial charge >= 0.3 is 0 Å². The first-order valence-electron chi connectivity index (χ1n) is 7.67. The first-order chi connectivity index (χ1) is 8.75. The van der Waals surface area contributed by atoms with Crippen molar-refractivity contribution in [1.29, 1.82) is 5.26 Å². The zero-order valence-corrected chi connectivity index (χ0v) is 11.5. The van der Waals surface area contributed by atoms with E-state index in [9.17, 15) is 5.26 Å². The second kappa shape index (κ2) is 4.83. The molecule has 0 radical (unpaired) electrons. The molecule has 3 rings (SSSR count). The van der Waals surface area contributed by atoms with Crippen LogP contribution in [0.25, 0.3) is 0 Å². The lowest BCUT2D eigenvalue weighted by atomic mass is 9.94. The Morgan fingerprint density at radius 2 is 2.06 bits per heavy atom. The summed E-state index contributed by atoms with van der Waals surface area (Å²) in [6, 6.07) is 3.29. The average Bonchev–Trinajstić information content (AvgIpc) is 3.28. The molecule has 3 fully saturated rings. The van der Waals surface area contributed by atoms with Crippen LogP contribution >= 0.6 is 0 Å². The van der Waals surface area contributed by atoms with Crippen LogP contribution in [0.1, 0.15) is 45.4 Å². The molecule has 100 valence electrons. The van der Waals surface area contributed by atoms with Gasteiger partial charge in [0.1, 0.15) is 5.54 Å². The minimum atomic E-state index is -0.232. The van der Waals surface area contributed by atoms with E-state index >= 15 is 0 Å². The van der Waals surface area contributed by atoms with Crippen LogP contribution in [0, 0.1) is 23.2 Å². The zero-order valence-electron chi connectivity index (χ0n) is 11.5. The van der Waals surface area contributed by atoms with E-state index in [2.05, 4.69) is 23.2 Å². The Hall–Kier alpha value is -0.590. The third kappa shape index (κ3) is 2.55. The second-order valence-electron chi connectivity index (χ2n) is 6.57. The first kappa shape index (κ1) is 12.4. The second-order valence-corrected chi connectivity index (χ2v) is 6.57. The van der Waals surface area contributed by atoms with Crippen molar-refractivity contribution in [3.8, 4) is 6.07 Å². The fourth-order valence-corrected chi connectivity index (χ4v) is 3.36. The van der Waals surface area contributed by atoms with E-state index in [0.29, 0.717) is 12.0 Å². The Morgan fingerprint density at radius 3 is 2.56 bits per heavy atom. The van der Waals surface area contributed by atoms with Crippen molar-refractivity contribution >= 4 is 0 Å². The van der Waals surface area contributed by atoms with Gasteiger partial charge in [-0.05, 0) is 50.5 Å². The summed E-state index contributed by atoms with van der Waals surface area (Å²) >= 11 is 0. The number of rotatable bonds is 6. The normalized spacial score (nSPS) is 32.1. The summed E-state index contributed by atoms with van der Waals surface area (Å²) in [5.74, 6) is 1.48. The van der Waals surface area contributed by atoms with E-state index in [4.69, 9.17) is 0 Å². The molecule has 1 N–H and O–H groups in total. The lowest BCUT2D eigenvalue weighted by molar-refractivity contribution is 0.220. The Morgan fingerprint density at radius 1 is 1.28 bits per heavy atom. The Balaban J connectivity index is 1.64. The molecule has 0 aromatic rings. The number of likely N-dealkylation sites (tertiary alicyclic amines) is 1. The third-order valence-corrected chi connectivity index (χ3v) is 4.93. The molecular formula is C15H25N3. The fraction of sp³-hybridized carbons (Fsp3) is 0.933. The maximum Gasteiger partial charge on any atom is 0.122 e. The van der Waals surface area contributed by atoms with E-state index in [0.717, 1.165) is 12.5 Å². The van der Waals surface area contributed by atoms with Crippen LogP contribution in [0.5, 0.6) is 0 Å². The average molecular weight is 247 g/mol. The molecule has 18 heavy (non-hydrogen) atoms. The smallest absolute Gasteiger partial charge is 0.122 e. The van der Waals surface area contributed by atoms with Gasteiger partial charge in [-0.1, -0.05) is 13.3 Å². The Labute approximate surface area is 111 Å². The van der Waals surface area contributed by atoms with Gasteiger partial charge in [-0.15, -0.1) is 0 Å². The van der Waals surface area contributed by atoms with Crippen LogP contribution in [0.2, 0.25) is 0 Å². The largest absolute Gasteiger partial charge is 0.300 e. The summed E-state index contributed by atoms with van der Waals surface area (Å²) in [5.41, 5.74) is -0.232. The number of nitrogens with one attached hydrogen (secondary N) is 1. The number of nitriles is 1. The summed E-state index contributed by atoms with van der Waals surface area (Å²) in [4.78, 5) is 2.53. The van der Waals surface area contributed by atoms with E-state index in [1.54, 1.807) is 0 Å². The summed E-state index contributed by atoms with van der Waals surface area (Å²) in [7, 11) is 0. The van der Waals surface area contributed by atoms with Crippen molar-refractivity contribution in [1.82, 2.24) is 10.2 Å². The maximum atomic E-state index is 9.71. The van der Waals surface area contributed by atoms with Gasteiger partial charge in [0.25, 0.3) is 0 Å². The number of nitrogens with zero attached hydrogens (tertiary/aromatic N) is 2. The molecule has 1 heterocycles. The third-order valence-electron chi connectivity index (χ3n) is 4.93. The highest BCUT2D eigenvalue weighted by molar-refractivity contribution is 5.18. The summed E-state index contributed by atoms with van der Waals surface area (Å²) in [5, 5.41) is 13.4. The van der Waals surface area contributed by atoms with Gasteiger partial charge in [-0.25, -0.2) is 0 Å².